The first kappa shape index (κ1) is 10.6. The van der Waals surface area contributed by atoms with Gasteiger partial charge in [-0.1, -0.05) is 6.92 Å². The minimum absolute atomic E-state index is 0.322. The van der Waals surface area contributed by atoms with Crippen LogP contribution in [0.4, 0.5) is 5.69 Å². The summed E-state index contributed by atoms with van der Waals surface area (Å²) in [6.07, 6.45) is 0.733. The third-order valence-electron chi connectivity index (χ3n) is 2.19. The fourth-order valence-corrected chi connectivity index (χ4v) is 1.53. The molecule has 0 unspecified atom stereocenters. The van der Waals surface area contributed by atoms with Gasteiger partial charge in [-0.25, -0.2) is 4.79 Å². The highest BCUT2D eigenvalue weighted by molar-refractivity contribution is 5.93. The summed E-state index contributed by atoms with van der Waals surface area (Å²) < 4.78 is 4.69. The van der Waals surface area contributed by atoms with Crippen LogP contribution in [0.15, 0.2) is 12.1 Å². The Morgan fingerprint density at radius 3 is 2.64 bits per heavy atom. The molecular formula is C11H15NO2. The summed E-state index contributed by atoms with van der Waals surface area (Å²) >= 11 is 0. The van der Waals surface area contributed by atoms with Crippen LogP contribution in [0.2, 0.25) is 0 Å². The maximum Gasteiger partial charge on any atom is 0.338 e. The zero-order valence-corrected chi connectivity index (χ0v) is 8.76. The third kappa shape index (κ3) is 1.87. The van der Waals surface area contributed by atoms with Gasteiger partial charge in [-0.3, -0.25) is 0 Å². The largest absolute Gasteiger partial charge is 0.465 e. The van der Waals surface area contributed by atoms with Crippen molar-refractivity contribution >= 4 is 11.7 Å². The molecule has 0 fully saturated rings. The molecule has 0 radical (unpaired) electrons. The zero-order valence-electron chi connectivity index (χ0n) is 8.76. The van der Waals surface area contributed by atoms with E-state index in [1.807, 2.05) is 19.9 Å². The molecule has 0 bridgehead atoms. The van der Waals surface area contributed by atoms with Gasteiger partial charge >= 0.3 is 5.97 Å². The number of nitrogen functional groups attached to an aromatic ring is 1. The molecule has 0 aromatic heterocycles. The molecule has 0 amide bonds. The molecule has 0 saturated heterocycles. The number of methoxy groups -OCH3 is 1. The van der Waals surface area contributed by atoms with Crippen molar-refractivity contribution in [3.8, 4) is 0 Å². The molecular weight excluding hydrogens is 178 g/mol. The normalized spacial score (nSPS) is 9.93. The summed E-state index contributed by atoms with van der Waals surface area (Å²) in [5.41, 5.74) is 8.89. The highest BCUT2D eigenvalue weighted by atomic mass is 16.5. The van der Waals surface area contributed by atoms with Crippen molar-refractivity contribution < 1.29 is 9.53 Å². The molecule has 76 valence electrons. The van der Waals surface area contributed by atoms with Gasteiger partial charge in [0.05, 0.1) is 12.7 Å². The highest BCUT2D eigenvalue weighted by Crippen LogP contribution is 2.21. The SMILES string of the molecule is CCc1c(N)cc(C)cc1C(=O)OC. The fraction of sp³-hybridized carbons (Fsp3) is 0.364. The van der Waals surface area contributed by atoms with E-state index >= 15 is 0 Å². The second-order valence-corrected chi connectivity index (χ2v) is 3.23. The Hall–Kier alpha value is -1.51. The standard InChI is InChI=1S/C11H15NO2/c1-4-8-9(11(13)14-3)5-7(2)6-10(8)12/h5-6H,4,12H2,1-3H3. The Kier molecular flexibility index (Phi) is 3.12. The van der Waals surface area contributed by atoms with Crippen molar-refractivity contribution in [2.75, 3.05) is 12.8 Å². The van der Waals surface area contributed by atoms with Crippen molar-refractivity contribution in [2.24, 2.45) is 0 Å². The molecule has 1 rings (SSSR count). The lowest BCUT2D eigenvalue weighted by Gasteiger charge is -2.10. The van der Waals surface area contributed by atoms with E-state index in [-0.39, 0.29) is 5.97 Å². The van der Waals surface area contributed by atoms with E-state index in [0.717, 1.165) is 17.5 Å². The molecule has 0 saturated carbocycles. The molecule has 3 nitrogen and oxygen atoms in total. The van der Waals surface area contributed by atoms with E-state index in [4.69, 9.17) is 10.5 Å². The van der Waals surface area contributed by atoms with Gasteiger partial charge in [0.1, 0.15) is 0 Å². The molecule has 3 heteroatoms. The van der Waals surface area contributed by atoms with Gasteiger partial charge in [-0.05, 0) is 36.6 Å². The maximum atomic E-state index is 11.4. The number of aryl methyl sites for hydroxylation is 1. The number of rotatable bonds is 2. The number of carbonyl (C=O) groups excluding carboxylic acids is 1. The van der Waals surface area contributed by atoms with Gasteiger partial charge in [0.2, 0.25) is 0 Å². The van der Waals surface area contributed by atoms with Gasteiger partial charge < -0.3 is 10.5 Å². The van der Waals surface area contributed by atoms with E-state index < -0.39 is 0 Å². The van der Waals surface area contributed by atoms with Crippen LogP contribution in [-0.2, 0) is 11.2 Å². The lowest BCUT2D eigenvalue weighted by atomic mass is 10.0. The van der Waals surface area contributed by atoms with Crippen LogP contribution in [0.5, 0.6) is 0 Å². The maximum absolute atomic E-state index is 11.4. The lowest BCUT2D eigenvalue weighted by molar-refractivity contribution is 0.0599. The highest BCUT2D eigenvalue weighted by Gasteiger charge is 2.13. The molecule has 14 heavy (non-hydrogen) atoms. The van der Waals surface area contributed by atoms with Crippen LogP contribution < -0.4 is 5.73 Å². The Balaban J connectivity index is 3.32. The van der Waals surface area contributed by atoms with Crippen molar-refractivity contribution in [1.29, 1.82) is 0 Å². The molecule has 0 aliphatic carbocycles. The number of hydrogen-bond acceptors (Lipinski definition) is 3. The van der Waals surface area contributed by atoms with E-state index in [9.17, 15) is 4.79 Å². The first-order chi connectivity index (χ1) is 6.60. The molecule has 0 atom stereocenters. The van der Waals surface area contributed by atoms with Gasteiger partial charge in [-0.15, -0.1) is 0 Å². The van der Waals surface area contributed by atoms with Crippen LogP contribution in [-0.4, -0.2) is 13.1 Å². The quantitative estimate of drug-likeness (QED) is 0.576. The zero-order chi connectivity index (χ0) is 10.7. The number of ether oxygens (including phenoxy) is 1. The Bertz CT molecular complexity index is 359. The average Bonchev–Trinajstić information content (AvgIpc) is 2.15. The van der Waals surface area contributed by atoms with Gasteiger partial charge in [0.25, 0.3) is 0 Å². The number of carbonyl (C=O) groups is 1. The molecule has 0 aliphatic rings. The molecule has 0 heterocycles. The predicted octanol–water partition coefficient (Wildman–Crippen LogP) is 1.93. The second-order valence-electron chi connectivity index (χ2n) is 3.23. The Morgan fingerprint density at radius 2 is 2.14 bits per heavy atom. The average molecular weight is 193 g/mol. The molecule has 1 aromatic rings. The summed E-state index contributed by atoms with van der Waals surface area (Å²) in [5.74, 6) is -0.322. The smallest absolute Gasteiger partial charge is 0.338 e. The van der Waals surface area contributed by atoms with Crippen molar-refractivity contribution in [2.45, 2.75) is 20.3 Å². The third-order valence-corrected chi connectivity index (χ3v) is 2.19. The van der Waals surface area contributed by atoms with Gasteiger partial charge in [-0.2, -0.15) is 0 Å². The van der Waals surface area contributed by atoms with E-state index in [1.54, 1.807) is 6.07 Å². The second kappa shape index (κ2) is 4.13. The van der Waals surface area contributed by atoms with E-state index in [0.29, 0.717) is 11.3 Å². The molecule has 0 aliphatic heterocycles. The Labute approximate surface area is 83.9 Å². The number of esters is 1. The van der Waals surface area contributed by atoms with Crippen LogP contribution in [0.3, 0.4) is 0 Å². The number of nitrogens with two attached hydrogens (primary N) is 1. The number of benzene rings is 1. The summed E-state index contributed by atoms with van der Waals surface area (Å²) in [5, 5.41) is 0. The van der Waals surface area contributed by atoms with Crippen molar-refractivity contribution in [3.63, 3.8) is 0 Å². The number of hydrogen-bond donors (Lipinski definition) is 1. The van der Waals surface area contributed by atoms with E-state index in [2.05, 4.69) is 0 Å². The monoisotopic (exact) mass is 193 g/mol. The van der Waals surface area contributed by atoms with Gasteiger partial charge in [0, 0.05) is 5.69 Å². The van der Waals surface area contributed by atoms with Crippen LogP contribution >= 0.6 is 0 Å². The summed E-state index contributed by atoms with van der Waals surface area (Å²) in [6, 6.07) is 3.67. The summed E-state index contributed by atoms with van der Waals surface area (Å²) in [6.45, 7) is 3.87. The predicted molar refractivity (Wildman–Crippen MR) is 56.3 cm³/mol. The lowest BCUT2D eigenvalue weighted by Crippen LogP contribution is -2.08. The van der Waals surface area contributed by atoms with Gasteiger partial charge in [0.15, 0.2) is 0 Å². The first-order valence-corrected chi connectivity index (χ1v) is 4.57. The summed E-state index contributed by atoms with van der Waals surface area (Å²) in [7, 11) is 1.38. The van der Waals surface area contributed by atoms with E-state index in [1.165, 1.54) is 7.11 Å². The fourth-order valence-electron chi connectivity index (χ4n) is 1.53. The molecule has 0 spiro atoms. The number of anilines is 1. The van der Waals surface area contributed by atoms with Crippen LogP contribution in [0.1, 0.15) is 28.4 Å². The van der Waals surface area contributed by atoms with Crippen molar-refractivity contribution in [3.05, 3.63) is 28.8 Å². The first-order valence-electron chi connectivity index (χ1n) is 4.57. The minimum Gasteiger partial charge on any atom is -0.465 e. The van der Waals surface area contributed by atoms with Crippen LogP contribution in [0.25, 0.3) is 0 Å². The van der Waals surface area contributed by atoms with Crippen LogP contribution in [0, 0.1) is 6.92 Å². The summed E-state index contributed by atoms with van der Waals surface area (Å²) in [4.78, 5) is 11.4. The Morgan fingerprint density at radius 1 is 1.50 bits per heavy atom. The topological polar surface area (TPSA) is 52.3 Å². The molecule has 2 N–H and O–H groups in total. The molecule has 1 aromatic carbocycles. The minimum atomic E-state index is -0.322. The van der Waals surface area contributed by atoms with Crippen molar-refractivity contribution in [1.82, 2.24) is 0 Å².